The number of esters is 2. The van der Waals surface area contributed by atoms with E-state index in [-0.39, 0.29) is 16.6 Å². The molecule has 0 spiro atoms. The molecule has 0 radical (unpaired) electrons. The van der Waals surface area contributed by atoms with E-state index in [1.165, 1.54) is 0 Å². The van der Waals surface area contributed by atoms with Gasteiger partial charge < -0.3 is 15.8 Å². The second-order valence-corrected chi connectivity index (χ2v) is 4.32. The predicted molar refractivity (Wildman–Crippen MR) is 92.2 cm³/mol. The number of amides is 1. The molecule has 0 heterocycles. The summed E-state index contributed by atoms with van der Waals surface area (Å²) in [6.45, 7) is 0.657. The number of hydrogen-bond acceptors (Lipinski definition) is 5. The van der Waals surface area contributed by atoms with E-state index < -0.39 is 11.9 Å². The quantitative estimate of drug-likeness (QED) is 0.260. The largest absolute Gasteiger partial charge is 0.392 e. The molecule has 0 rings (SSSR count). The average Bonchev–Trinajstić information content (AvgIpc) is 2.52. The minimum Gasteiger partial charge on any atom is -0.392 e. The molecule has 9 heteroatoms. The molecule has 0 aromatic rings. The number of hydrogen-bond donors (Lipinski definition) is 2. The number of nitrogens with one attached hydrogen (secondary N) is 1. The van der Waals surface area contributed by atoms with Crippen molar-refractivity contribution < 1.29 is 19.1 Å². The predicted octanol–water partition coefficient (Wildman–Crippen LogP) is 0.555. The van der Waals surface area contributed by atoms with Gasteiger partial charge in [0.15, 0.2) is 0 Å². The molecule has 0 saturated carbocycles. The van der Waals surface area contributed by atoms with Gasteiger partial charge in [0.25, 0.3) is 0 Å². The number of carbonyl (C=O) groups excluding carboxylic acids is 3. The maximum Gasteiger partial charge on any atom is 0.324 e. The Hall–Kier alpha value is -0.870. The fourth-order valence-electron chi connectivity index (χ4n) is 0.378. The first-order valence-corrected chi connectivity index (χ1v) is 8.54. The van der Waals surface area contributed by atoms with Gasteiger partial charge in [-0.1, -0.05) is 59.6 Å². The molecule has 0 aromatic carbocycles. The first kappa shape index (κ1) is 25.1. The topological polar surface area (TPSA) is 98.5 Å². The number of alkyl halides is 3. The average molecular weight is 491 g/mol. The Labute approximate surface area is 149 Å². The summed E-state index contributed by atoms with van der Waals surface area (Å²) in [7, 11) is 0. The molecule has 0 aliphatic carbocycles. The number of ether oxygens (including phenoxy) is 1. The minimum absolute atomic E-state index is 0.0474. The summed E-state index contributed by atoms with van der Waals surface area (Å²) < 4.78 is 4.18. The lowest BCUT2D eigenvalue weighted by Crippen LogP contribution is -2.24. The molecule has 0 aliphatic rings. The third kappa shape index (κ3) is 28.1. The lowest BCUT2D eigenvalue weighted by Gasteiger charge is -1.93. The maximum atomic E-state index is 10.3. The van der Waals surface area contributed by atoms with Crippen LogP contribution in [-0.2, 0) is 19.1 Å². The first-order chi connectivity index (χ1) is 9.92. The van der Waals surface area contributed by atoms with Crippen molar-refractivity contribution >= 4 is 65.6 Å². The fourth-order valence-corrected chi connectivity index (χ4v) is 0.806. The zero-order valence-corrected chi connectivity index (χ0v) is 15.8. The van der Waals surface area contributed by atoms with E-state index in [4.69, 9.17) is 12.2 Å². The first-order valence-electron chi connectivity index (χ1n) is 5.18. The third-order valence-corrected chi connectivity index (χ3v) is 2.50. The van der Waals surface area contributed by atoms with Gasteiger partial charge in [0, 0.05) is 0 Å². The van der Waals surface area contributed by atoms with Crippen LogP contribution in [0.25, 0.3) is 0 Å². The monoisotopic (exact) mass is 488 g/mol. The van der Waals surface area contributed by atoms with E-state index in [0.717, 1.165) is 0 Å². The summed E-state index contributed by atoms with van der Waals surface area (Å²) in [6, 6.07) is 0. The Morgan fingerprint density at radius 1 is 1.00 bits per heavy atom. The molecule has 0 bridgehead atoms. The van der Waals surface area contributed by atoms with Crippen LogP contribution in [0.4, 0.5) is 0 Å². The standard InChI is InChI=1S/C5H6BrNO.C4H4Br2O3.C3H5N/c1-2-3-7-5(8)4-6;5-1-3(7)9-4(8)2-6;1-2-3-4/h1H,3-4H2,(H,7,8);1-2H2;1H,3-4H2. The Balaban J connectivity index is -0.000000249. The number of carbonyl (C=O) groups is 3. The Morgan fingerprint density at radius 3 is 1.67 bits per heavy atom. The number of halogens is 3. The van der Waals surface area contributed by atoms with Gasteiger partial charge >= 0.3 is 11.9 Å². The highest BCUT2D eigenvalue weighted by atomic mass is 79.9. The van der Waals surface area contributed by atoms with Crippen LogP contribution in [0.15, 0.2) is 0 Å². The van der Waals surface area contributed by atoms with Gasteiger partial charge in [0.05, 0.1) is 18.4 Å². The maximum absolute atomic E-state index is 10.3. The zero-order valence-electron chi connectivity index (χ0n) is 11.0. The molecule has 0 saturated heterocycles. The third-order valence-electron chi connectivity index (χ3n) is 1.07. The van der Waals surface area contributed by atoms with Gasteiger partial charge in [-0.3, -0.25) is 14.4 Å². The summed E-state index contributed by atoms with van der Waals surface area (Å²) in [6.07, 6.45) is 9.50. The molecule has 21 heavy (non-hydrogen) atoms. The van der Waals surface area contributed by atoms with Crippen LogP contribution < -0.4 is 11.1 Å². The van der Waals surface area contributed by atoms with Crippen LogP contribution in [-0.4, -0.2) is 46.9 Å². The highest BCUT2D eigenvalue weighted by molar-refractivity contribution is 9.09. The summed E-state index contributed by atoms with van der Waals surface area (Å²) in [5, 5.41) is 2.87. The molecule has 0 aromatic heterocycles. The highest BCUT2D eigenvalue weighted by Crippen LogP contribution is 1.89. The molecule has 0 fully saturated rings. The second kappa shape index (κ2) is 21.4. The molecule has 6 nitrogen and oxygen atoms in total. The second-order valence-electron chi connectivity index (χ2n) is 2.64. The van der Waals surface area contributed by atoms with E-state index in [2.05, 4.69) is 76.1 Å². The summed E-state index contributed by atoms with van der Waals surface area (Å²) in [4.78, 5) is 30.9. The number of terminal acetylenes is 2. The van der Waals surface area contributed by atoms with Gasteiger partial charge in [0.1, 0.15) is 10.7 Å². The molecule has 0 atom stereocenters. The van der Waals surface area contributed by atoms with Gasteiger partial charge in [-0.2, -0.15) is 0 Å². The minimum atomic E-state index is -0.570. The van der Waals surface area contributed by atoms with Crippen LogP contribution in [0.2, 0.25) is 0 Å². The SMILES string of the molecule is C#CCN.C#CCNC(=O)CBr.O=C(CBr)OC(=O)CBr. The number of nitrogens with two attached hydrogens (primary N) is 1. The van der Waals surface area contributed by atoms with E-state index >= 15 is 0 Å². The van der Waals surface area contributed by atoms with Crippen molar-refractivity contribution in [3.05, 3.63) is 0 Å². The summed E-state index contributed by atoms with van der Waals surface area (Å²) in [5.74, 6) is 3.27. The van der Waals surface area contributed by atoms with Crippen LogP contribution in [0.5, 0.6) is 0 Å². The highest BCUT2D eigenvalue weighted by Gasteiger charge is 2.05. The molecule has 1 amide bonds. The van der Waals surface area contributed by atoms with Gasteiger partial charge in [-0.15, -0.1) is 12.8 Å². The van der Waals surface area contributed by atoms with E-state index in [1.807, 2.05) is 0 Å². The smallest absolute Gasteiger partial charge is 0.324 e. The Kier molecular flexibility index (Phi) is 25.6. The lowest BCUT2D eigenvalue weighted by molar-refractivity contribution is -0.155. The van der Waals surface area contributed by atoms with Gasteiger partial charge in [-0.05, 0) is 0 Å². The van der Waals surface area contributed by atoms with E-state index in [1.54, 1.807) is 0 Å². The van der Waals surface area contributed by atoms with Crippen molar-refractivity contribution in [1.29, 1.82) is 0 Å². The van der Waals surface area contributed by atoms with E-state index in [0.29, 0.717) is 18.4 Å². The summed E-state index contributed by atoms with van der Waals surface area (Å²) >= 11 is 8.63. The molecule has 0 aliphatic heterocycles. The lowest BCUT2D eigenvalue weighted by atomic mass is 10.6. The molecular formula is C12H15Br3N2O4. The Morgan fingerprint density at radius 2 is 1.43 bits per heavy atom. The normalized spacial score (nSPS) is 7.52. The van der Waals surface area contributed by atoms with Crippen molar-refractivity contribution in [3.63, 3.8) is 0 Å². The zero-order chi connectivity index (χ0) is 17.1. The molecule has 0 unspecified atom stereocenters. The van der Waals surface area contributed by atoms with Gasteiger partial charge in [0.2, 0.25) is 5.91 Å². The van der Waals surface area contributed by atoms with Gasteiger partial charge in [-0.25, -0.2) is 0 Å². The van der Waals surface area contributed by atoms with Crippen molar-refractivity contribution in [2.24, 2.45) is 5.73 Å². The van der Waals surface area contributed by atoms with Crippen molar-refractivity contribution in [2.75, 3.05) is 29.1 Å². The van der Waals surface area contributed by atoms with Crippen molar-refractivity contribution in [2.45, 2.75) is 0 Å². The van der Waals surface area contributed by atoms with Crippen LogP contribution in [0, 0.1) is 24.7 Å². The molecule has 118 valence electrons. The number of rotatable bonds is 4. The van der Waals surface area contributed by atoms with Crippen LogP contribution in [0.1, 0.15) is 0 Å². The molecular weight excluding hydrogens is 476 g/mol. The fraction of sp³-hybridized carbons (Fsp3) is 0.417. The van der Waals surface area contributed by atoms with E-state index in [9.17, 15) is 14.4 Å². The summed E-state index contributed by atoms with van der Waals surface area (Å²) in [5.41, 5.74) is 4.79. The molecule has 3 N–H and O–H groups in total. The van der Waals surface area contributed by atoms with Crippen LogP contribution in [0.3, 0.4) is 0 Å². The van der Waals surface area contributed by atoms with Crippen LogP contribution >= 0.6 is 47.8 Å². The van der Waals surface area contributed by atoms with Crippen molar-refractivity contribution in [1.82, 2.24) is 5.32 Å². The van der Waals surface area contributed by atoms with Crippen molar-refractivity contribution in [3.8, 4) is 24.7 Å². The Bertz CT molecular complexity index is 375.